The van der Waals surface area contributed by atoms with Crippen molar-refractivity contribution < 1.29 is 18.9 Å². The van der Waals surface area contributed by atoms with Gasteiger partial charge >= 0.3 is 0 Å². The fraction of sp³-hybridized carbons (Fsp3) is 0.241. The Hall–Kier alpha value is -4.24. The Morgan fingerprint density at radius 3 is 2.58 bits per heavy atom. The molecule has 2 aliphatic heterocycles. The first-order valence-electron chi connectivity index (χ1n) is 12.3. The van der Waals surface area contributed by atoms with E-state index in [9.17, 15) is 0 Å². The lowest BCUT2D eigenvalue weighted by Gasteiger charge is -2.29. The molecule has 4 aromatic rings. The molecule has 0 amide bonds. The van der Waals surface area contributed by atoms with Gasteiger partial charge in [0.25, 0.3) is 0 Å². The van der Waals surface area contributed by atoms with E-state index >= 15 is 0 Å². The number of pyridine rings is 1. The van der Waals surface area contributed by atoms with Crippen molar-refractivity contribution in [2.24, 2.45) is 0 Å². The van der Waals surface area contributed by atoms with E-state index in [4.69, 9.17) is 31.2 Å². The van der Waals surface area contributed by atoms with Crippen LogP contribution in [0.25, 0.3) is 5.69 Å². The molecule has 1 fully saturated rings. The predicted octanol–water partition coefficient (Wildman–Crippen LogP) is 5.41. The van der Waals surface area contributed by atoms with Crippen LogP contribution < -0.4 is 29.2 Å². The predicted molar refractivity (Wildman–Crippen MR) is 149 cm³/mol. The Morgan fingerprint density at radius 1 is 0.974 bits per heavy atom. The molecule has 1 saturated heterocycles. The monoisotopic (exact) mass is 528 g/mol. The highest BCUT2D eigenvalue weighted by atomic mass is 32.1. The van der Waals surface area contributed by atoms with Crippen molar-refractivity contribution in [1.29, 1.82) is 0 Å². The van der Waals surface area contributed by atoms with Gasteiger partial charge in [0, 0.05) is 35.4 Å². The molecule has 194 valence electrons. The average Bonchev–Trinajstić information content (AvgIpc) is 3.63. The molecule has 1 N–H and O–H groups in total. The van der Waals surface area contributed by atoms with Crippen LogP contribution >= 0.6 is 12.2 Å². The van der Waals surface area contributed by atoms with Crippen LogP contribution in [-0.4, -0.2) is 35.7 Å². The number of benzene rings is 2. The number of methoxy groups -OCH3 is 2. The number of hydrogen-bond donors (Lipinski definition) is 1. The van der Waals surface area contributed by atoms with Gasteiger partial charge in [-0.15, -0.1) is 0 Å². The van der Waals surface area contributed by atoms with Crippen molar-refractivity contribution in [2.75, 3.05) is 25.9 Å². The normalized spacial score (nSPS) is 18.0. The molecule has 0 saturated carbocycles. The molecule has 6 rings (SSSR count). The zero-order chi connectivity index (χ0) is 26.4. The van der Waals surface area contributed by atoms with Crippen molar-refractivity contribution in [3.05, 3.63) is 89.5 Å². The molecule has 0 radical (unpaired) electrons. The number of rotatable bonds is 6. The second-order valence-electron chi connectivity index (χ2n) is 9.23. The fourth-order valence-corrected chi connectivity index (χ4v) is 5.76. The van der Waals surface area contributed by atoms with Gasteiger partial charge in [0.05, 0.1) is 37.7 Å². The molecule has 0 spiro atoms. The maximum Gasteiger partial charge on any atom is 0.231 e. The van der Waals surface area contributed by atoms with Gasteiger partial charge in [0.15, 0.2) is 16.6 Å². The zero-order valence-electron chi connectivity index (χ0n) is 21.6. The van der Waals surface area contributed by atoms with Gasteiger partial charge in [-0.25, -0.2) is 0 Å². The number of aryl methyl sites for hydroxylation is 1. The topological polar surface area (TPSA) is 70.0 Å². The second kappa shape index (κ2) is 9.57. The van der Waals surface area contributed by atoms with Crippen LogP contribution in [0, 0.1) is 13.8 Å². The van der Waals surface area contributed by atoms with E-state index in [1.807, 2.05) is 60.8 Å². The third-order valence-corrected chi connectivity index (χ3v) is 7.46. The summed E-state index contributed by atoms with van der Waals surface area (Å²) < 4.78 is 24.7. The van der Waals surface area contributed by atoms with E-state index in [-0.39, 0.29) is 18.9 Å². The van der Waals surface area contributed by atoms with Gasteiger partial charge in [-0.1, -0.05) is 6.07 Å². The van der Waals surface area contributed by atoms with Crippen LogP contribution in [0.2, 0.25) is 0 Å². The van der Waals surface area contributed by atoms with Gasteiger partial charge in [-0.05, 0) is 74.1 Å². The highest BCUT2D eigenvalue weighted by Gasteiger charge is 2.43. The van der Waals surface area contributed by atoms with E-state index in [0.29, 0.717) is 10.9 Å². The smallest absolute Gasteiger partial charge is 0.231 e. The van der Waals surface area contributed by atoms with Crippen molar-refractivity contribution >= 4 is 23.0 Å². The molecule has 8 nitrogen and oxygen atoms in total. The lowest BCUT2D eigenvalue weighted by molar-refractivity contribution is 0.174. The molecule has 0 aliphatic carbocycles. The van der Waals surface area contributed by atoms with Gasteiger partial charge in [-0.2, -0.15) is 0 Å². The summed E-state index contributed by atoms with van der Waals surface area (Å²) in [6, 6.07) is 19.5. The molecule has 0 unspecified atom stereocenters. The van der Waals surface area contributed by atoms with Gasteiger partial charge < -0.3 is 33.7 Å². The van der Waals surface area contributed by atoms with E-state index in [1.54, 1.807) is 14.2 Å². The largest absolute Gasteiger partial charge is 0.497 e. The molecule has 9 heteroatoms. The quantitative estimate of drug-likeness (QED) is 0.333. The lowest BCUT2D eigenvalue weighted by Crippen LogP contribution is -2.30. The Balaban J connectivity index is 1.53. The first-order chi connectivity index (χ1) is 18.5. The maximum atomic E-state index is 5.95. The Morgan fingerprint density at radius 2 is 1.82 bits per heavy atom. The zero-order valence-corrected chi connectivity index (χ0v) is 22.4. The number of hydrogen-bond acceptors (Lipinski definition) is 6. The standard InChI is InChI=1S/C29H28N4O4S/c1-17-13-21(18(2)32(17)19-8-10-25-26(14-19)37-16-36-25)28-27(22-7-5-6-12-30-22)31-29(38)33(28)23-15-20(34-3)9-11-24(23)35-4/h5-15,27-28H,16H2,1-4H3,(H,31,38)/t27-,28-/m1/s1. The lowest BCUT2D eigenvalue weighted by atomic mass is 9.96. The summed E-state index contributed by atoms with van der Waals surface area (Å²) in [6.07, 6.45) is 1.81. The minimum absolute atomic E-state index is 0.190. The minimum Gasteiger partial charge on any atom is -0.497 e. The molecule has 2 aromatic heterocycles. The summed E-state index contributed by atoms with van der Waals surface area (Å²) >= 11 is 5.95. The molecule has 2 atom stereocenters. The summed E-state index contributed by atoms with van der Waals surface area (Å²) in [5.74, 6) is 2.92. The van der Waals surface area contributed by atoms with Gasteiger partial charge in [0.1, 0.15) is 11.5 Å². The number of anilines is 1. The minimum atomic E-state index is -0.202. The Kier molecular flexibility index (Phi) is 6.07. The summed E-state index contributed by atoms with van der Waals surface area (Å²) in [7, 11) is 3.31. The second-order valence-corrected chi connectivity index (χ2v) is 9.62. The maximum absolute atomic E-state index is 5.95. The average molecular weight is 529 g/mol. The Bertz CT molecular complexity index is 1520. The summed E-state index contributed by atoms with van der Waals surface area (Å²) in [4.78, 5) is 6.80. The van der Waals surface area contributed by atoms with Crippen LogP contribution in [0.5, 0.6) is 23.0 Å². The van der Waals surface area contributed by atoms with Crippen LogP contribution in [0.1, 0.15) is 34.7 Å². The SMILES string of the molecule is COc1ccc(OC)c(N2C(=S)N[C@H](c3ccccn3)[C@H]2c2cc(C)n(-c3ccc4c(c3)OCO4)c2C)c1. The first kappa shape index (κ1) is 24.1. The molecular formula is C29H28N4O4S. The van der Waals surface area contributed by atoms with E-state index < -0.39 is 0 Å². The Labute approximate surface area is 226 Å². The highest BCUT2D eigenvalue weighted by molar-refractivity contribution is 7.80. The molecular weight excluding hydrogens is 500 g/mol. The van der Waals surface area contributed by atoms with E-state index in [1.165, 1.54) is 0 Å². The third-order valence-electron chi connectivity index (χ3n) is 7.15. The summed E-state index contributed by atoms with van der Waals surface area (Å²) in [6.45, 7) is 4.47. The molecule has 0 bridgehead atoms. The van der Waals surface area contributed by atoms with Crippen molar-refractivity contribution in [3.8, 4) is 28.7 Å². The van der Waals surface area contributed by atoms with Gasteiger partial charge in [-0.3, -0.25) is 4.98 Å². The van der Waals surface area contributed by atoms with E-state index in [0.717, 1.165) is 51.3 Å². The molecule has 4 heterocycles. The van der Waals surface area contributed by atoms with Crippen molar-refractivity contribution in [3.63, 3.8) is 0 Å². The fourth-order valence-electron chi connectivity index (χ4n) is 5.42. The van der Waals surface area contributed by atoms with Crippen LogP contribution in [0.15, 0.2) is 66.9 Å². The van der Waals surface area contributed by atoms with Crippen molar-refractivity contribution in [1.82, 2.24) is 14.9 Å². The van der Waals surface area contributed by atoms with Gasteiger partial charge in [0.2, 0.25) is 6.79 Å². The number of thiocarbonyl (C=S) groups is 1. The molecule has 2 aromatic carbocycles. The number of fused-ring (bicyclic) bond motifs is 1. The number of ether oxygens (including phenoxy) is 4. The highest BCUT2D eigenvalue weighted by Crippen LogP contribution is 2.47. The molecule has 2 aliphatic rings. The molecule has 38 heavy (non-hydrogen) atoms. The summed E-state index contributed by atoms with van der Waals surface area (Å²) in [5.41, 5.74) is 6.02. The van der Waals surface area contributed by atoms with Crippen LogP contribution in [-0.2, 0) is 0 Å². The van der Waals surface area contributed by atoms with Crippen molar-refractivity contribution in [2.45, 2.75) is 25.9 Å². The number of aromatic nitrogens is 2. The van der Waals surface area contributed by atoms with E-state index in [2.05, 4.69) is 39.7 Å². The van der Waals surface area contributed by atoms with Crippen LogP contribution in [0.4, 0.5) is 5.69 Å². The number of nitrogens with zero attached hydrogens (tertiary/aromatic N) is 3. The summed E-state index contributed by atoms with van der Waals surface area (Å²) in [5, 5.41) is 4.13. The number of nitrogens with one attached hydrogen (secondary N) is 1. The third kappa shape index (κ3) is 3.90. The first-order valence-corrected chi connectivity index (χ1v) is 12.7. The van der Waals surface area contributed by atoms with Crippen LogP contribution in [0.3, 0.4) is 0 Å².